The van der Waals surface area contributed by atoms with Crippen molar-refractivity contribution in [2.24, 2.45) is 0 Å². The maximum Gasteiger partial charge on any atom is 0.203 e. The van der Waals surface area contributed by atoms with Gasteiger partial charge >= 0.3 is 0 Å². The summed E-state index contributed by atoms with van der Waals surface area (Å²) in [6.45, 7) is 2.24. The highest BCUT2D eigenvalue weighted by Gasteiger charge is 2.02. The number of rotatable bonds is 6. The van der Waals surface area contributed by atoms with Crippen molar-refractivity contribution in [3.63, 3.8) is 0 Å². The third kappa shape index (κ3) is 3.58. The number of hydrogen-bond donors (Lipinski definition) is 1. The Labute approximate surface area is 115 Å². The van der Waals surface area contributed by atoms with E-state index in [4.69, 9.17) is 4.74 Å². The molecular formula is C13H16BrN3O. The Bertz CT molecular complexity index is 481. The number of nitrogens with zero attached hydrogens (tertiary/aromatic N) is 2. The molecule has 1 N–H and O–H groups in total. The van der Waals surface area contributed by atoms with Crippen LogP contribution in [0.5, 0.6) is 0 Å². The molecule has 0 spiro atoms. The molecule has 0 aliphatic heterocycles. The fraction of sp³-hybridized carbons (Fsp3) is 0.308. The minimum Gasteiger partial charge on any atom is -0.383 e. The summed E-state index contributed by atoms with van der Waals surface area (Å²) in [4.78, 5) is 4.29. The summed E-state index contributed by atoms with van der Waals surface area (Å²) >= 11 is 3.43. The van der Waals surface area contributed by atoms with Crippen LogP contribution in [0.3, 0.4) is 0 Å². The maximum atomic E-state index is 5.01. The lowest BCUT2D eigenvalue weighted by Crippen LogP contribution is -2.12. The van der Waals surface area contributed by atoms with Gasteiger partial charge in [0.15, 0.2) is 0 Å². The molecular weight excluding hydrogens is 294 g/mol. The van der Waals surface area contributed by atoms with E-state index in [0.29, 0.717) is 6.61 Å². The lowest BCUT2D eigenvalue weighted by molar-refractivity contribution is 0.210. The van der Waals surface area contributed by atoms with E-state index in [0.717, 1.165) is 23.5 Å². The van der Waals surface area contributed by atoms with Gasteiger partial charge in [0, 0.05) is 30.5 Å². The Morgan fingerprint density at radius 1 is 1.33 bits per heavy atom. The minimum absolute atomic E-state index is 0.672. The van der Waals surface area contributed by atoms with Crippen LogP contribution in [-0.4, -0.2) is 29.8 Å². The van der Waals surface area contributed by atoms with Gasteiger partial charge < -0.3 is 14.6 Å². The average molecular weight is 310 g/mol. The van der Waals surface area contributed by atoms with Crippen molar-refractivity contribution in [3.8, 4) is 0 Å². The van der Waals surface area contributed by atoms with Crippen molar-refractivity contribution < 1.29 is 4.74 Å². The normalized spacial score (nSPS) is 10.6. The second kappa shape index (κ2) is 6.56. The van der Waals surface area contributed by atoms with Gasteiger partial charge in [-0.3, -0.25) is 0 Å². The predicted molar refractivity (Wildman–Crippen MR) is 75.8 cm³/mol. The predicted octanol–water partition coefficient (Wildman–Crippen LogP) is 2.75. The van der Waals surface area contributed by atoms with Crippen LogP contribution in [-0.2, 0) is 11.3 Å². The quantitative estimate of drug-likeness (QED) is 0.834. The van der Waals surface area contributed by atoms with Crippen molar-refractivity contribution >= 4 is 21.9 Å². The summed E-state index contributed by atoms with van der Waals surface area (Å²) in [5.41, 5.74) is 1.24. The Morgan fingerprint density at radius 2 is 2.11 bits per heavy atom. The number of methoxy groups -OCH3 is 1. The first-order valence-corrected chi connectivity index (χ1v) is 6.57. The number of aromatic nitrogens is 2. The standard InChI is InChI=1S/C13H16BrN3O/c1-18-9-7-16-13-15-6-8-17(13)10-11-2-4-12(14)5-3-11/h2-6,8H,7,9-10H2,1H3,(H,15,16). The third-order valence-corrected chi connectivity index (χ3v) is 3.10. The van der Waals surface area contributed by atoms with E-state index in [1.54, 1.807) is 13.3 Å². The van der Waals surface area contributed by atoms with Gasteiger partial charge in [0.05, 0.1) is 13.2 Å². The summed E-state index contributed by atoms with van der Waals surface area (Å²) in [7, 11) is 1.69. The van der Waals surface area contributed by atoms with Crippen LogP contribution in [0.4, 0.5) is 5.95 Å². The molecule has 0 saturated heterocycles. The summed E-state index contributed by atoms with van der Waals surface area (Å²) < 4.78 is 8.18. The van der Waals surface area contributed by atoms with Gasteiger partial charge in [-0.05, 0) is 17.7 Å². The van der Waals surface area contributed by atoms with Crippen molar-refractivity contribution in [2.45, 2.75) is 6.54 Å². The topological polar surface area (TPSA) is 39.1 Å². The fourth-order valence-electron chi connectivity index (χ4n) is 1.66. The van der Waals surface area contributed by atoms with Crippen molar-refractivity contribution in [1.29, 1.82) is 0 Å². The molecule has 0 radical (unpaired) electrons. The first kappa shape index (κ1) is 13.1. The monoisotopic (exact) mass is 309 g/mol. The smallest absolute Gasteiger partial charge is 0.203 e. The Hall–Kier alpha value is -1.33. The minimum atomic E-state index is 0.672. The number of imidazole rings is 1. The van der Waals surface area contributed by atoms with Crippen molar-refractivity contribution in [2.75, 3.05) is 25.6 Å². The Balaban J connectivity index is 2.00. The lowest BCUT2D eigenvalue weighted by Gasteiger charge is -2.09. The van der Waals surface area contributed by atoms with Crippen molar-refractivity contribution in [3.05, 3.63) is 46.7 Å². The van der Waals surface area contributed by atoms with Crippen LogP contribution in [0.15, 0.2) is 41.1 Å². The Kier molecular flexibility index (Phi) is 4.78. The molecule has 0 bridgehead atoms. The van der Waals surface area contributed by atoms with Crippen LogP contribution in [0.25, 0.3) is 0 Å². The number of nitrogens with one attached hydrogen (secondary N) is 1. The van der Waals surface area contributed by atoms with E-state index >= 15 is 0 Å². The van der Waals surface area contributed by atoms with E-state index in [9.17, 15) is 0 Å². The summed E-state index contributed by atoms with van der Waals surface area (Å²) in [5, 5.41) is 3.24. The first-order valence-electron chi connectivity index (χ1n) is 5.78. The van der Waals surface area contributed by atoms with Gasteiger partial charge in [-0.25, -0.2) is 4.98 Å². The average Bonchev–Trinajstić information content (AvgIpc) is 2.80. The second-order valence-corrected chi connectivity index (χ2v) is 4.84. The molecule has 2 aromatic rings. The van der Waals surface area contributed by atoms with Crippen LogP contribution >= 0.6 is 15.9 Å². The van der Waals surface area contributed by atoms with E-state index in [1.807, 2.05) is 18.3 Å². The van der Waals surface area contributed by atoms with Gasteiger partial charge in [0.2, 0.25) is 5.95 Å². The Morgan fingerprint density at radius 3 is 2.83 bits per heavy atom. The zero-order valence-electron chi connectivity index (χ0n) is 10.3. The highest BCUT2D eigenvalue weighted by atomic mass is 79.9. The highest BCUT2D eigenvalue weighted by molar-refractivity contribution is 9.10. The molecule has 1 heterocycles. The molecule has 0 fully saturated rings. The largest absolute Gasteiger partial charge is 0.383 e. The first-order chi connectivity index (χ1) is 8.79. The van der Waals surface area contributed by atoms with Crippen LogP contribution in [0, 0.1) is 0 Å². The summed E-state index contributed by atoms with van der Waals surface area (Å²) in [6.07, 6.45) is 3.77. The van der Waals surface area contributed by atoms with Crippen LogP contribution in [0.1, 0.15) is 5.56 Å². The third-order valence-electron chi connectivity index (χ3n) is 2.57. The van der Waals surface area contributed by atoms with Gasteiger partial charge in [-0.1, -0.05) is 28.1 Å². The summed E-state index contributed by atoms with van der Waals surface area (Å²) in [5.74, 6) is 0.870. The highest BCUT2D eigenvalue weighted by Crippen LogP contribution is 2.13. The molecule has 0 aliphatic carbocycles. The van der Waals surface area contributed by atoms with Crippen molar-refractivity contribution in [1.82, 2.24) is 9.55 Å². The number of benzene rings is 1. The molecule has 0 amide bonds. The molecule has 2 rings (SSSR count). The number of halogens is 1. The molecule has 96 valence electrons. The molecule has 0 unspecified atom stereocenters. The zero-order valence-corrected chi connectivity index (χ0v) is 11.9. The number of ether oxygens (including phenoxy) is 1. The van der Waals surface area contributed by atoms with E-state index in [-0.39, 0.29) is 0 Å². The van der Waals surface area contributed by atoms with Gasteiger partial charge in [0.25, 0.3) is 0 Å². The van der Waals surface area contributed by atoms with E-state index in [2.05, 4.69) is 42.9 Å². The lowest BCUT2D eigenvalue weighted by atomic mass is 10.2. The molecule has 0 atom stereocenters. The van der Waals surface area contributed by atoms with Crippen LogP contribution in [0.2, 0.25) is 0 Å². The molecule has 0 saturated carbocycles. The SMILES string of the molecule is COCCNc1nccn1Cc1ccc(Br)cc1. The zero-order chi connectivity index (χ0) is 12.8. The number of anilines is 1. The van der Waals surface area contributed by atoms with Gasteiger partial charge in [-0.15, -0.1) is 0 Å². The van der Waals surface area contributed by atoms with Crippen LogP contribution < -0.4 is 5.32 Å². The fourth-order valence-corrected chi connectivity index (χ4v) is 1.92. The molecule has 5 heteroatoms. The molecule has 1 aromatic carbocycles. The van der Waals surface area contributed by atoms with Gasteiger partial charge in [-0.2, -0.15) is 0 Å². The van der Waals surface area contributed by atoms with E-state index < -0.39 is 0 Å². The van der Waals surface area contributed by atoms with Gasteiger partial charge in [0.1, 0.15) is 0 Å². The summed E-state index contributed by atoms with van der Waals surface area (Å²) in [6, 6.07) is 8.29. The molecule has 0 aliphatic rings. The molecule has 4 nitrogen and oxygen atoms in total. The van der Waals surface area contributed by atoms with E-state index in [1.165, 1.54) is 5.56 Å². The maximum absolute atomic E-state index is 5.01. The second-order valence-electron chi connectivity index (χ2n) is 3.92. The molecule has 18 heavy (non-hydrogen) atoms. The number of hydrogen-bond acceptors (Lipinski definition) is 3. The molecule has 1 aromatic heterocycles.